The first-order valence-corrected chi connectivity index (χ1v) is 11.7. The van der Waals surface area contributed by atoms with Crippen LogP contribution in [0.25, 0.3) is 0 Å². The molecule has 1 aromatic rings. The summed E-state index contributed by atoms with van der Waals surface area (Å²) in [4.78, 5) is 2.49. The number of hydrogen-bond acceptors (Lipinski definition) is 6. The SMILES string of the molecule is COS(=O)(=O)[O-].C[N+]1(C)CCN(C[C@@](O)(c2ccccc2)C2CCCCC2)CC1. The van der Waals surface area contributed by atoms with E-state index in [0.29, 0.717) is 5.92 Å². The van der Waals surface area contributed by atoms with Crippen molar-refractivity contribution in [2.75, 3.05) is 53.9 Å². The molecule has 8 heteroatoms. The molecule has 1 atom stereocenters. The maximum absolute atomic E-state index is 11.7. The van der Waals surface area contributed by atoms with Gasteiger partial charge < -0.3 is 14.1 Å². The molecule has 29 heavy (non-hydrogen) atoms. The molecule has 2 fully saturated rings. The lowest BCUT2D eigenvalue weighted by molar-refractivity contribution is -0.894. The number of β-amino-alcohol motifs (C(OH)–C–C–N with tert-alkyl or cyclic N) is 1. The maximum atomic E-state index is 11.7. The van der Waals surface area contributed by atoms with Crippen LogP contribution in [0, 0.1) is 5.92 Å². The van der Waals surface area contributed by atoms with Gasteiger partial charge >= 0.3 is 0 Å². The monoisotopic (exact) mass is 428 g/mol. The Labute approximate surface area is 175 Å². The fourth-order valence-electron chi connectivity index (χ4n) is 4.31. The van der Waals surface area contributed by atoms with Crippen LogP contribution in [0.2, 0.25) is 0 Å². The lowest BCUT2D eigenvalue weighted by atomic mass is 9.73. The molecule has 3 rings (SSSR count). The van der Waals surface area contributed by atoms with E-state index in [9.17, 15) is 18.1 Å². The molecule has 166 valence electrons. The van der Waals surface area contributed by atoms with E-state index in [1.165, 1.54) is 45.2 Å². The van der Waals surface area contributed by atoms with Crippen molar-refractivity contribution in [2.24, 2.45) is 5.92 Å². The first-order chi connectivity index (χ1) is 13.6. The van der Waals surface area contributed by atoms with Crippen LogP contribution in [0.1, 0.15) is 37.7 Å². The number of hydrogen-bond donors (Lipinski definition) is 1. The van der Waals surface area contributed by atoms with E-state index in [0.717, 1.165) is 36.8 Å². The Morgan fingerprint density at radius 2 is 1.66 bits per heavy atom. The minimum absolute atomic E-state index is 0.406. The van der Waals surface area contributed by atoms with Gasteiger partial charge in [-0.15, -0.1) is 0 Å². The first-order valence-electron chi connectivity index (χ1n) is 10.4. The largest absolute Gasteiger partial charge is 0.726 e. The van der Waals surface area contributed by atoms with Gasteiger partial charge in [-0.05, 0) is 24.3 Å². The molecule has 1 aliphatic heterocycles. The van der Waals surface area contributed by atoms with Gasteiger partial charge in [-0.1, -0.05) is 49.6 Å². The van der Waals surface area contributed by atoms with E-state index in [1.54, 1.807) is 0 Å². The summed E-state index contributed by atoms with van der Waals surface area (Å²) in [5.41, 5.74) is 0.433. The van der Waals surface area contributed by atoms with Crippen molar-refractivity contribution in [1.29, 1.82) is 0 Å². The third kappa shape index (κ3) is 7.62. The fraction of sp³-hybridized carbons (Fsp3) is 0.714. The molecule has 1 aliphatic carbocycles. The quantitative estimate of drug-likeness (QED) is 0.438. The van der Waals surface area contributed by atoms with Crippen LogP contribution in [0.15, 0.2) is 30.3 Å². The predicted octanol–water partition coefficient (Wildman–Crippen LogP) is 1.94. The van der Waals surface area contributed by atoms with Crippen LogP contribution in [-0.2, 0) is 20.2 Å². The van der Waals surface area contributed by atoms with Crippen molar-refractivity contribution in [1.82, 2.24) is 4.90 Å². The summed E-state index contributed by atoms with van der Waals surface area (Å²) >= 11 is 0. The van der Waals surface area contributed by atoms with Gasteiger partial charge in [0.2, 0.25) is 10.4 Å². The smallest absolute Gasteiger partial charge is 0.217 e. The number of rotatable bonds is 5. The lowest BCUT2D eigenvalue weighted by Gasteiger charge is -2.45. The van der Waals surface area contributed by atoms with Gasteiger partial charge in [0.25, 0.3) is 0 Å². The Morgan fingerprint density at radius 1 is 1.14 bits per heavy atom. The average molecular weight is 429 g/mol. The van der Waals surface area contributed by atoms with Gasteiger partial charge in [0.15, 0.2) is 0 Å². The van der Waals surface area contributed by atoms with Crippen LogP contribution in [-0.4, -0.2) is 81.4 Å². The molecule has 1 aromatic carbocycles. The van der Waals surface area contributed by atoms with Gasteiger partial charge in [0.1, 0.15) is 5.60 Å². The minimum Gasteiger partial charge on any atom is -0.726 e. The third-order valence-corrected chi connectivity index (χ3v) is 6.67. The van der Waals surface area contributed by atoms with Crippen LogP contribution >= 0.6 is 0 Å². The highest BCUT2D eigenvalue weighted by atomic mass is 32.3. The predicted molar refractivity (Wildman–Crippen MR) is 112 cm³/mol. The first kappa shape index (κ1) is 24.2. The molecule has 1 saturated heterocycles. The number of benzene rings is 1. The molecule has 0 aromatic heterocycles. The van der Waals surface area contributed by atoms with E-state index in [1.807, 2.05) is 6.07 Å². The fourth-order valence-corrected chi connectivity index (χ4v) is 4.31. The molecule has 0 amide bonds. The average Bonchev–Trinajstić information content (AvgIpc) is 2.71. The highest BCUT2D eigenvalue weighted by Crippen LogP contribution is 2.40. The van der Waals surface area contributed by atoms with Gasteiger partial charge in [-0.25, -0.2) is 8.42 Å². The lowest BCUT2D eigenvalue weighted by Crippen LogP contribution is -2.58. The number of nitrogens with zero attached hydrogens (tertiary/aromatic N) is 2. The van der Waals surface area contributed by atoms with Crippen molar-refractivity contribution >= 4 is 10.4 Å². The van der Waals surface area contributed by atoms with E-state index in [2.05, 4.69) is 47.4 Å². The molecule has 0 unspecified atom stereocenters. The molecular formula is C21H36N2O5S. The molecule has 1 heterocycles. The van der Waals surface area contributed by atoms with Crippen molar-refractivity contribution < 1.29 is 26.7 Å². The second kappa shape index (κ2) is 10.3. The van der Waals surface area contributed by atoms with Crippen LogP contribution in [0.3, 0.4) is 0 Å². The summed E-state index contributed by atoms with van der Waals surface area (Å²) < 4.78 is 32.1. The summed E-state index contributed by atoms with van der Waals surface area (Å²) in [6, 6.07) is 10.4. The standard InChI is InChI=1S/C20H33N2O.CH4O4S/c1-22(2)15-13-21(14-16-22)17-20(23,18-9-5-3-6-10-18)19-11-7-4-8-12-19;1-5-6(2,3)4/h3,5-6,9-10,19,23H,4,7-8,11-17H2,1-2H3;1H3,(H,2,3,4)/q+1;/p-1/t20-;/m1./s1. The van der Waals surface area contributed by atoms with Crippen molar-refractivity contribution in [3.63, 3.8) is 0 Å². The van der Waals surface area contributed by atoms with E-state index < -0.39 is 16.0 Å². The van der Waals surface area contributed by atoms with Crippen LogP contribution < -0.4 is 0 Å². The molecular weight excluding hydrogens is 392 g/mol. The molecule has 7 nitrogen and oxygen atoms in total. The van der Waals surface area contributed by atoms with Crippen molar-refractivity contribution in [3.05, 3.63) is 35.9 Å². The molecule has 2 aliphatic rings. The number of piperazine rings is 1. The Morgan fingerprint density at radius 3 is 2.14 bits per heavy atom. The molecule has 0 spiro atoms. The van der Waals surface area contributed by atoms with Gasteiger partial charge in [-0.3, -0.25) is 9.08 Å². The number of likely N-dealkylation sites (N-methyl/N-ethyl adjacent to an activating group) is 1. The van der Waals surface area contributed by atoms with Gasteiger partial charge in [0, 0.05) is 19.6 Å². The second-order valence-corrected chi connectivity index (χ2v) is 10.0. The minimum atomic E-state index is -4.41. The third-order valence-electron chi connectivity index (χ3n) is 6.27. The second-order valence-electron chi connectivity index (χ2n) is 8.86. The van der Waals surface area contributed by atoms with E-state index >= 15 is 0 Å². The zero-order valence-electron chi connectivity index (χ0n) is 17.9. The molecule has 0 radical (unpaired) electrons. The summed E-state index contributed by atoms with van der Waals surface area (Å²) in [6.45, 7) is 5.33. The highest BCUT2D eigenvalue weighted by molar-refractivity contribution is 7.80. The Kier molecular flexibility index (Phi) is 8.63. The Hall–Kier alpha value is -1.03. The molecule has 0 bridgehead atoms. The molecule has 1 saturated carbocycles. The Balaban J connectivity index is 0.000000438. The van der Waals surface area contributed by atoms with Gasteiger partial charge in [0.05, 0.1) is 34.3 Å². The van der Waals surface area contributed by atoms with Gasteiger partial charge in [-0.2, -0.15) is 0 Å². The van der Waals surface area contributed by atoms with E-state index in [4.69, 9.17) is 0 Å². The zero-order chi connectivity index (χ0) is 21.5. The highest BCUT2D eigenvalue weighted by Gasteiger charge is 2.41. The zero-order valence-corrected chi connectivity index (χ0v) is 18.7. The summed E-state index contributed by atoms with van der Waals surface area (Å²) in [5, 5.41) is 11.7. The number of quaternary nitrogens is 1. The van der Waals surface area contributed by atoms with Crippen molar-refractivity contribution in [3.8, 4) is 0 Å². The van der Waals surface area contributed by atoms with Crippen LogP contribution in [0.4, 0.5) is 0 Å². The molecule has 1 N–H and O–H groups in total. The van der Waals surface area contributed by atoms with Crippen molar-refractivity contribution in [2.45, 2.75) is 37.7 Å². The Bertz CT molecular complexity index is 710. The summed E-state index contributed by atoms with van der Waals surface area (Å²) in [6.07, 6.45) is 6.20. The van der Waals surface area contributed by atoms with E-state index in [-0.39, 0.29) is 0 Å². The normalized spacial score (nSPS) is 22.9. The number of aliphatic hydroxyl groups is 1. The maximum Gasteiger partial charge on any atom is 0.217 e. The topological polar surface area (TPSA) is 89.9 Å². The summed E-state index contributed by atoms with van der Waals surface area (Å²) in [7, 11) is 1.01. The van der Waals surface area contributed by atoms with Crippen LogP contribution in [0.5, 0.6) is 0 Å². The summed E-state index contributed by atoms with van der Waals surface area (Å²) in [5.74, 6) is 0.406.